The average molecular weight is 286 g/mol. The molecule has 1 unspecified atom stereocenters. The molecule has 0 aromatic heterocycles. The van der Waals surface area contributed by atoms with Crippen LogP contribution in [0.4, 0.5) is 0 Å². The van der Waals surface area contributed by atoms with Gasteiger partial charge in [0.05, 0.1) is 12.7 Å². The van der Waals surface area contributed by atoms with Crippen LogP contribution in [0.15, 0.2) is 48.5 Å². The number of benzene rings is 2. The van der Waals surface area contributed by atoms with Crippen molar-refractivity contribution < 1.29 is 14.6 Å². The summed E-state index contributed by atoms with van der Waals surface area (Å²) < 4.78 is 11.5. The lowest BCUT2D eigenvalue weighted by Crippen LogP contribution is -2.02. The Morgan fingerprint density at radius 2 is 1.71 bits per heavy atom. The Balaban J connectivity index is 2.14. The first-order valence-corrected chi connectivity index (χ1v) is 7.36. The molecule has 112 valence electrons. The maximum atomic E-state index is 9.92. The minimum atomic E-state index is -0.465. The Hall–Kier alpha value is -2.00. The van der Waals surface area contributed by atoms with E-state index in [4.69, 9.17) is 9.47 Å². The zero-order valence-electron chi connectivity index (χ0n) is 12.6. The summed E-state index contributed by atoms with van der Waals surface area (Å²) in [5.74, 6) is 1.38. The van der Waals surface area contributed by atoms with Crippen molar-refractivity contribution in [3.63, 3.8) is 0 Å². The van der Waals surface area contributed by atoms with Crippen LogP contribution >= 0.6 is 0 Å². The van der Waals surface area contributed by atoms with Gasteiger partial charge in [-0.15, -0.1) is 0 Å². The third-order valence-electron chi connectivity index (χ3n) is 3.28. The molecular formula is C18H22O3. The van der Waals surface area contributed by atoms with Crippen LogP contribution in [-0.2, 0) is 6.61 Å². The standard InChI is InChI=1S/C18H22O3/c1-3-16(19)15-10-11-17(18(12-15)20-4-2)21-13-14-8-6-5-7-9-14/h5-12,16,19H,3-4,13H2,1-2H3. The molecule has 2 aromatic rings. The quantitative estimate of drug-likeness (QED) is 0.832. The van der Waals surface area contributed by atoms with Crippen molar-refractivity contribution in [2.24, 2.45) is 0 Å². The van der Waals surface area contributed by atoms with E-state index in [1.165, 1.54) is 0 Å². The fourth-order valence-electron chi connectivity index (χ4n) is 2.09. The van der Waals surface area contributed by atoms with E-state index < -0.39 is 6.10 Å². The molecule has 0 heterocycles. The molecule has 21 heavy (non-hydrogen) atoms. The Morgan fingerprint density at radius 3 is 2.38 bits per heavy atom. The van der Waals surface area contributed by atoms with Gasteiger partial charge in [-0.3, -0.25) is 0 Å². The highest BCUT2D eigenvalue weighted by atomic mass is 16.5. The summed E-state index contributed by atoms with van der Waals surface area (Å²) >= 11 is 0. The van der Waals surface area contributed by atoms with E-state index in [2.05, 4.69) is 0 Å². The van der Waals surface area contributed by atoms with Gasteiger partial charge >= 0.3 is 0 Å². The Kier molecular flexibility index (Phi) is 5.64. The molecule has 0 amide bonds. The molecule has 0 aliphatic rings. The molecule has 0 bridgehead atoms. The smallest absolute Gasteiger partial charge is 0.161 e. The predicted molar refractivity (Wildman–Crippen MR) is 83.6 cm³/mol. The first-order valence-electron chi connectivity index (χ1n) is 7.36. The van der Waals surface area contributed by atoms with Crippen molar-refractivity contribution >= 4 is 0 Å². The fourth-order valence-corrected chi connectivity index (χ4v) is 2.09. The molecule has 0 saturated heterocycles. The Labute approximate surface area is 126 Å². The van der Waals surface area contributed by atoms with Gasteiger partial charge in [0, 0.05) is 0 Å². The van der Waals surface area contributed by atoms with Gasteiger partial charge in [0.25, 0.3) is 0 Å². The summed E-state index contributed by atoms with van der Waals surface area (Å²) in [6.07, 6.45) is 0.211. The van der Waals surface area contributed by atoms with Gasteiger partial charge in [-0.2, -0.15) is 0 Å². The van der Waals surface area contributed by atoms with Crippen molar-refractivity contribution in [3.8, 4) is 11.5 Å². The van der Waals surface area contributed by atoms with Crippen LogP contribution < -0.4 is 9.47 Å². The highest BCUT2D eigenvalue weighted by molar-refractivity contribution is 5.43. The van der Waals surface area contributed by atoms with E-state index >= 15 is 0 Å². The summed E-state index contributed by atoms with van der Waals surface area (Å²) in [4.78, 5) is 0. The summed E-state index contributed by atoms with van der Waals surface area (Å²) in [5.41, 5.74) is 1.96. The minimum absolute atomic E-state index is 0.465. The van der Waals surface area contributed by atoms with Gasteiger partial charge in [0.1, 0.15) is 6.61 Å². The maximum Gasteiger partial charge on any atom is 0.161 e. The number of hydrogen-bond acceptors (Lipinski definition) is 3. The molecule has 0 aliphatic heterocycles. The van der Waals surface area contributed by atoms with E-state index in [1.54, 1.807) is 0 Å². The molecular weight excluding hydrogens is 264 g/mol. The largest absolute Gasteiger partial charge is 0.490 e. The normalized spacial score (nSPS) is 12.0. The molecule has 2 rings (SSSR count). The van der Waals surface area contributed by atoms with Gasteiger partial charge in [-0.05, 0) is 36.6 Å². The molecule has 3 nitrogen and oxygen atoms in total. The molecule has 0 radical (unpaired) electrons. The van der Waals surface area contributed by atoms with E-state index in [-0.39, 0.29) is 0 Å². The monoisotopic (exact) mass is 286 g/mol. The molecule has 1 N–H and O–H groups in total. The third kappa shape index (κ3) is 4.23. The topological polar surface area (TPSA) is 38.7 Å². The maximum absolute atomic E-state index is 9.92. The van der Waals surface area contributed by atoms with Crippen LogP contribution in [0, 0.1) is 0 Å². The first kappa shape index (κ1) is 15.4. The number of aliphatic hydroxyl groups is 1. The van der Waals surface area contributed by atoms with Crippen LogP contribution in [0.1, 0.15) is 37.5 Å². The lowest BCUT2D eigenvalue weighted by molar-refractivity contribution is 0.172. The summed E-state index contributed by atoms with van der Waals surface area (Å²) in [6.45, 7) is 4.94. The van der Waals surface area contributed by atoms with Crippen molar-refractivity contribution in [3.05, 3.63) is 59.7 Å². The molecule has 2 aromatic carbocycles. The van der Waals surface area contributed by atoms with Crippen molar-refractivity contribution in [1.82, 2.24) is 0 Å². The second-order valence-electron chi connectivity index (χ2n) is 4.84. The zero-order valence-corrected chi connectivity index (χ0v) is 12.6. The number of rotatable bonds is 7. The molecule has 1 atom stereocenters. The van der Waals surface area contributed by atoms with Crippen LogP contribution in [0.25, 0.3) is 0 Å². The van der Waals surface area contributed by atoms with E-state index in [9.17, 15) is 5.11 Å². The molecule has 0 spiro atoms. The molecule has 0 saturated carbocycles. The fraction of sp³-hybridized carbons (Fsp3) is 0.333. The SMILES string of the molecule is CCOc1cc(C(O)CC)ccc1OCc1ccccc1. The van der Waals surface area contributed by atoms with Gasteiger partial charge in [0.2, 0.25) is 0 Å². The molecule has 3 heteroatoms. The van der Waals surface area contributed by atoms with Gasteiger partial charge in [-0.25, -0.2) is 0 Å². The van der Waals surface area contributed by atoms with Crippen molar-refractivity contribution in [2.75, 3.05) is 6.61 Å². The highest BCUT2D eigenvalue weighted by Gasteiger charge is 2.11. The minimum Gasteiger partial charge on any atom is -0.490 e. The van der Waals surface area contributed by atoms with Gasteiger partial charge in [-0.1, -0.05) is 43.3 Å². The first-order chi connectivity index (χ1) is 10.2. The Morgan fingerprint density at radius 1 is 0.952 bits per heavy atom. The summed E-state index contributed by atoms with van der Waals surface area (Å²) in [5, 5.41) is 9.92. The van der Waals surface area contributed by atoms with Crippen LogP contribution in [0.3, 0.4) is 0 Å². The lowest BCUT2D eigenvalue weighted by Gasteiger charge is -2.15. The van der Waals surface area contributed by atoms with Crippen molar-refractivity contribution in [1.29, 1.82) is 0 Å². The van der Waals surface area contributed by atoms with E-state index in [1.807, 2.05) is 62.4 Å². The zero-order chi connectivity index (χ0) is 15.1. The van der Waals surface area contributed by atoms with Crippen LogP contribution in [-0.4, -0.2) is 11.7 Å². The second-order valence-corrected chi connectivity index (χ2v) is 4.84. The number of ether oxygens (including phenoxy) is 2. The Bertz CT molecular complexity index is 552. The van der Waals surface area contributed by atoms with Crippen LogP contribution in [0.2, 0.25) is 0 Å². The predicted octanol–water partition coefficient (Wildman–Crippen LogP) is 4.11. The molecule has 0 fully saturated rings. The average Bonchev–Trinajstić information content (AvgIpc) is 2.54. The third-order valence-corrected chi connectivity index (χ3v) is 3.28. The lowest BCUT2D eigenvalue weighted by atomic mass is 10.1. The van der Waals surface area contributed by atoms with Gasteiger partial charge < -0.3 is 14.6 Å². The summed E-state index contributed by atoms with van der Waals surface area (Å²) in [7, 11) is 0. The van der Waals surface area contributed by atoms with Crippen molar-refractivity contribution in [2.45, 2.75) is 33.0 Å². The van der Waals surface area contributed by atoms with Crippen LogP contribution in [0.5, 0.6) is 11.5 Å². The highest BCUT2D eigenvalue weighted by Crippen LogP contribution is 2.32. The number of aliphatic hydroxyl groups excluding tert-OH is 1. The molecule has 0 aliphatic carbocycles. The number of hydrogen-bond donors (Lipinski definition) is 1. The van der Waals surface area contributed by atoms with Gasteiger partial charge in [0.15, 0.2) is 11.5 Å². The van der Waals surface area contributed by atoms with E-state index in [0.29, 0.717) is 31.1 Å². The van der Waals surface area contributed by atoms with E-state index in [0.717, 1.165) is 11.1 Å². The second kappa shape index (κ2) is 7.70. The summed E-state index contributed by atoms with van der Waals surface area (Å²) in [6, 6.07) is 15.6.